The molecule has 686 valence electrons. The van der Waals surface area contributed by atoms with Crippen molar-refractivity contribution in [3.8, 4) is 0 Å². The van der Waals surface area contributed by atoms with Crippen LogP contribution in [0.5, 0.6) is 0 Å². The van der Waals surface area contributed by atoms with Crippen LogP contribution in [0.2, 0.25) is 40.2 Å². The summed E-state index contributed by atoms with van der Waals surface area (Å²) < 4.78 is 69.3. The molecule has 0 radical (unpaired) electrons. The highest BCUT2D eigenvalue weighted by Gasteiger charge is 2.28. The lowest BCUT2D eigenvalue weighted by Crippen LogP contribution is -2.42. The van der Waals surface area contributed by atoms with Gasteiger partial charge in [0.1, 0.15) is 64.0 Å². The number of halogens is 12. The Bertz CT molecular complexity index is 6350. The van der Waals surface area contributed by atoms with Crippen LogP contribution >= 0.6 is 92.8 Å². The van der Waals surface area contributed by atoms with E-state index in [-0.39, 0.29) is 140 Å². The van der Waals surface area contributed by atoms with Gasteiger partial charge in [0.2, 0.25) is 0 Å². The van der Waals surface area contributed by atoms with E-state index in [9.17, 15) is 55.9 Å². The minimum absolute atomic E-state index is 0.0336. The van der Waals surface area contributed by atoms with E-state index in [1.807, 2.05) is 4.90 Å². The Labute approximate surface area is 800 Å². The normalized spacial score (nSPS) is 12.6. The predicted octanol–water partition coefficient (Wildman–Crippen LogP) is 18.6. The van der Waals surface area contributed by atoms with Crippen molar-refractivity contribution < 1.29 is 70.6 Å². The first-order valence-corrected chi connectivity index (χ1v) is 42.7. The van der Waals surface area contributed by atoms with Crippen molar-refractivity contribution in [3.05, 3.63) is 349 Å². The van der Waals surface area contributed by atoms with E-state index in [0.717, 1.165) is 43.8 Å². The number of ether oxygens (including phenoxy) is 2. The molecule has 7 heterocycles. The summed E-state index contributed by atoms with van der Waals surface area (Å²) in [6, 6.07) is 44.9. The highest BCUT2D eigenvalue weighted by Crippen LogP contribution is 2.31. The van der Waals surface area contributed by atoms with E-state index < -0.39 is 70.5 Å². The van der Waals surface area contributed by atoms with Crippen LogP contribution in [0.1, 0.15) is 112 Å². The molecule has 8 aromatic carbocycles. The van der Waals surface area contributed by atoms with Crippen LogP contribution in [0.25, 0.3) is 0 Å². The van der Waals surface area contributed by atoms with Gasteiger partial charge in [0.25, 0.3) is 47.3 Å². The molecule has 0 spiro atoms. The average molecular weight is 1980 g/mol. The van der Waals surface area contributed by atoms with Gasteiger partial charge in [0.05, 0.1) is 114 Å². The van der Waals surface area contributed by atoms with Crippen LogP contribution in [0.15, 0.2) is 224 Å². The first-order chi connectivity index (χ1) is 64.2. The monoisotopic (exact) mass is 1980 g/mol. The summed E-state index contributed by atoms with van der Waals surface area (Å²) in [5.74, 6) is -7.40. The van der Waals surface area contributed by atoms with Gasteiger partial charge in [-0.2, -0.15) is 0 Å². The van der Waals surface area contributed by atoms with Crippen molar-refractivity contribution in [1.29, 1.82) is 16.2 Å². The van der Waals surface area contributed by atoms with Crippen molar-refractivity contribution >= 4 is 209 Å². The fraction of sp³-hybridized carbons (Fsp3) is 0.121. The summed E-state index contributed by atoms with van der Waals surface area (Å²) in [5, 5.41) is 59.4. The number of amidine groups is 4. The number of hydrogen-bond donors (Lipinski definition) is 13. The Balaban J connectivity index is 0.000000161. The van der Waals surface area contributed by atoms with Gasteiger partial charge in [-0.25, -0.2) is 37.5 Å². The third kappa shape index (κ3) is 26.6. The zero-order chi connectivity index (χ0) is 96.0. The molecule has 43 heteroatoms. The molecule has 12 aromatic rings. The zero-order valence-corrected chi connectivity index (χ0v) is 75.3. The number of oxime groups is 1. The third-order valence-electron chi connectivity index (χ3n) is 19.7. The van der Waals surface area contributed by atoms with Crippen LogP contribution in [0, 0.1) is 39.5 Å². The highest BCUT2D eigenvalue weighted by atomic mass is 35.5. The molecule has 8 amide bonds. The van der Waals surface area contributed by atoms with E-state index in [1.165, 1.54) is 170 Å². The summed E-state index contributed by atoms with van der Waals surface area (Å²) in [4.78, 5) is 124. The summed E-state index contributed by atoms with van der Waals surface area (Å²) >= 11 is 47.4. The molecule has 0 saturated carbocycles. The Kier molecular flexibility index (Phi) is 34.1. The SMILES string of the molecule is N=C(c1ccc(C(=O)Nc2ccc(Cl)cc2C(=O)Nc2ccc(Cl)cn2)c(F)c1)N1CCC1.N=C(c1ccc(C(=O)Nc2ccc(Cl)cc2C(=O)Nc2ccc(Cl)cn2)c(F)c1)N1CCOCC1.N=C(c1ccc(C(=O)Nc2ccc(Cl)cc2C(=O)Nc2ccc(Cl)cn2)c(F)c1)N1CCOCC1.NC(=NO)c1ccc(C(=O)Nc2ccc(Cl)cc2C(=O)Nc2ccc(Cl)cn2)c(F)c1. The lowest BCUT2D eigenvalue weighted by atomic mass is 10.1. The van der Waals surface area contributed by atoms with Crippen molar-refractivity contribution in [2.45, 2.75) is 6.42 Å². The number of benzene rings is 8. The molecular formula is C91H72Cl8F4N20O11. The second kappa shape index (κ2) is 46.2. The Morgan fingerprint density at radius 2 is 0.530 bits per heavy atom. The quantitative estimate of drug-likeness (QED) is 0.0111. The van der Waals surface area contributed by atoms with Gasteiger partial charge in [0, 0.05) is 106 Å². The van der Waals surface area contributed by atoms with Gasteiger partial charge in [-0.05, 0) is 176 Å². The summed E-state index contributed by atoms with van der Waals surface area (Å²) in [5.41, 5.74) is 6.37. The fourth-order valence-corrected chi connectivity index (χ4v) is 13.8. The van der Waals surface area contributed by atoms with E-state index >= 15 is 0 Å². The minimum Gasteiger partial charge on any atom is -0.409 e. The number of rotatable bonds is 20. The zero-order valence-electron chi connectivity index (χ0n) is 69.3. The molecule has 0 atom stereocenters. The first kappa shape index (κ1) is 98.8. The number of anilines is 8. The van der Waals surface area contributed by atoms with Crippen molar-refractivity contribution in [1.82, 2.24) is 34.6 Å². The van der Waals surface area contributed by atoms with Gasteiger partial charge in [-0.3, -0.25) is 54.6 Å². The molecule has 3 aliphatic heterocycles. The molecular weight excluding hydrogens is 1910 g/mol. The largest absolute Gasteiger partial charge is 0.409 e. The number of nitrogens with one attached hydrogen (secondary N) is 11. The summed E-state index contributed by atoms with van der Waals surface area (Å²) in [6.45, 7) is 5.65. The van der Waals surface area contributed by atoms with Crippen molar-refractivity contribution in [2.24, 2.45) is 10.9 Å². The number of hydrogen-bond acceptors (Lipinski definition) is 19. The molecule has 31 nitrogen and oxygen atoms in total. The lowest BCUT2D eigenvalue weighted by Gasteiger charge is -2.33. The third-order valence-corrected chi connectivity index (χ3v) is 21.5. The molecule has 4 aromatic heterocycles. The van der Waals surface area contributed by atoms with E-state index in [2.05, 4.69) is 67.6 Å². The maximum absolute atomic E-state index is 14.9. The Morgan fingerprint density at radius 1 is 0.306 bits per heavy atom. The van der Waals surface area contributed by atoms with E-state index in [4.69, 9.17) is 129 Å². The summed E-state index contributed by atoms with van der Waals surface area (Å²) in [6.07, 6.45) is 6.49. The Morgan fingerprint density at radius 3 is 0.746 bits per heavy atom. The summed E-state index contributed by atoms with van der Waals surface area (Å²) in [7, 11) is 0. The molecule has 0 aliphatic carbocycles. The van der Waals surface area contributed by atoms with E-state index in [1.54, 1.807) is 34.1 Å². The van der Waals surface area contributed by atoms with Gasteiger partial charge < -0.3 is 77.6 Å². The van der Waals surface area contributed by atoms with Gasteiger partial charge >= 0.3 is 0 Å². The van der Waals surface area contributed by atoms with Crippen LogP contribution < -0.4 is 48.3 Å². The van der Waals surface area contributed by atoms with E-state index in [0.29, 0.717) is 89.4 Å². The predicted molar refractivity (Wildman–Crippen MR) is 506 cm³/mol. The number of aromatic nitrogens is 4. The number of nitrogens with two attached hydrogens (primary N) is 1. The topological polar surface area (TPSA) is 443 Å². The molecule has 15 rings (SSSR count). The number of pyridine rings is 4. The number of likely N-dealkylation sites (tertiary alicyclic amines) is 1. The lowest BCUT2D eigenvalue weighted by molar-refractivity contribution is 0.0679. The number of carbonyl (C=O) groups is 8. The molecule has 14 N–H and O–H groups in total. The van der Waals surface area contributed by atoms with Crippen LogP contribution in [0.3, 0.4) is 0 Å². The smallest absolute Gasteiger partial charge is 0.258 e. The number of carbonyl (C=O) groups excluding carboxylic acids is 8. The first-order valence-electron chi connectivity index (χ1n) is 39.7. The molecule has 3 aliphatic rings. The maximum Gasteiger partial charge on any atom is 0.258 e. The molecule has 3 fully saturated rings. The van der Waals surface area contributed by atoms with Crippen molar-refractivity contribution in [3.63, 3.8) is 0 Å². The van der Waals surface area contributed by atoms with Gasteiger partial charge in [-0.1, -0.05) is 122 Å². The second-order valence-corrected chi connectivity index (χ2v) is 32.2. The minimum atomic E-state index is -0.896. The number of morpholine rings is 2. The average Bonchev–Trinajstić information content (AvgIpc) is 0.819. The Hall–Kier alpha value is -14.2. The maximum atomic E-state index is 14.9. The van der Waals surface area contributed by atoms with Gasteiger partial charge in [0.15, 0.2) is 5.84 Å². The molecule has 134 heavy (non-hydrogen) atoms. The highest BCUT2D eigenvalue weighted by molar-refractivity contribution is 6.34. The fourth-order valence-electron chi connectivity index (χ4n) is 12.7. The van der Waals surface area contributed by atoms with Crippen LogP contribution in [-0.2, 0) is 9.47 Å². The number of nitrogens with zero attached hydrogens (tertiary/aromatic N) is 8. The van der Waals surface area contributed by atoms with Crippen molar-refractivity contribution in [2.75, 3.05) is 108 Å². The van der Waals surface area contributed by atoms with Crippen LogP contribution in [0.4, 0.5) is 63.6 Å². The van der Waals surface area contributed by atoms with Crippen LogP contribution in [-0.4, -0.2) is 176 Å². The molecule has 3 saturated heterocycles. The number of amides is 8. The standard InChI is InChI=1S/2C24H20Cl2FN5O3.C23H18Cl2FN5O2.C20H14Cl2FN5O3/c2*25-15-2-5-20(18(12-15)24(34)31-21-6-3-16(26)13-29-21)30-23(33)17-4-1-14(11-19(17)27)22(28)32-7-9-35-10-8-32;24-14-3-6-19(17(11-14)23(33)30-20-7-4-15(25)12-28-20)29-22(32)16-5-2-13(10-18(16)26)21(27)31-8-1-9-31;21-11-2-5-16(14(8-11)20(30)27-17-6-3-12(22)9-25-17)26-19(29)13-4-1-10(7-15(13)23)18(24)28-31/h2*1-6,11-13,28H,7-10H2,(H,30,33)(H,29,31,34);2-7,10-12,27H,1,8-9H2,(H,29,32)(H,28,30,33);1-9,31H,(H2,24,28)(H,26,29)(H,25,27,30). The molecule has 0 bridgehead atoms. The molecule has 0 unspecified atom stereocenters. The van der Waals surface area contributed by atoms with Gasteiger partial charge in [-0.15, -0.1) is 0 Å². The second-order valence-electron chi connectivity index (χ2n) is 28.7.